The summed E-state index contributed by atoms with van der Waals surface area (Å²) in [5.74, 6) is -0.775. The van der Waals surface area contributed by atoms with Crippen molar-refractivity contribution in [1.82, 2.24) is 0 Å². The molecule has 1 aromatic carbocycles. The van der Waals surface area contributed by atoms with Crippen molar-refractivity contribution in [2.75, 3.05) is 0 Å². The highest BCUT2D eigenvalue weighted by molar-refractivity contribution is 5.71. The second kappa shape index (κ2) is 3.79. The molecule has 1 aromatic rings. The molecule has 0 saturated carbocycles. The molecule has 0 aliphatic carbocycles. The van der Waals surface area contributed by atoms with Gasteiger partial charge in [0.1, 0.15) is 5.75 Å². The van der Waals surface area contributed by atoms with Gasteiger partial charge in [-0.05, 0) is 11.6 Å². The second-order valence-corrected chi connectivity index (χ2v) is 4.25. The Balaban J connectivity index is 2.35. The fourth-order valence-corrected chi connectivity index (χ4v) is 1.74. The largest absolute Gasteiger partial charge is 0.481 e. The van der Waals surface area contributed by atoms with Crippen LogP contribution in [0, 0.1) is 0 Å². The van der Waals surface area contributed by atoms with Gasteiger partial charge in [-0.3, -0.25) is 4.79 Å². The molecule has 1 aliphatic rings. The molecule has 0 aromatic heterocycles. The number of ether oxygens (including phenoxy) is 2. The average Bonchev–Trinajstić information content (AvgIpc) is 2.15. The van der Waals surface area contributed by atoms with Crippen molar-refractivity contribution in [2.45, 2.75) is 32.7 Å². The van der Waals surface area contributed by atoms with Gasteiger partial charge >= 0.3 is 5.97 Å². The zero-order valence-electron chi connectivity index (χ0n) is 9.32. The Bertz CT molecular complexity index is 423. The van der Waals surface area contributed by atoms with Gasteiger partial charge in [0.2, 0.25) is 5.79 Å². The minimum Gasteiger partial charge on any atom is -0.481 e. The lowest BCUT2D eigenvalue weighted by Crippen LogP contribution is -2.35. The predicted octanol–water partition coefficient (Wildman–Crippen LogP) is 1.96. The quantitative estimate of drug-likeness (QED) is 0.831. The summed E-state index contributed by atoms with van der Waals surface area (Å²) in [4.78, 5) is 10.7. The first-order chi connectivity index (χ1) is 7.48. The first kappa shape index (κ1) is 11.0. The number of carboxylic acids is 1. The lowest BCUT2D eigenvalue weighted by atomic mass is 10.0. The second-order valence-electron chi connectivity index (χ2n) is 4.25. The fourth-order valence-electron chi connectivity index (χ4n) is 1.74. The van der Waals surface area contributed by atoms with Crippen molar-refractivity contribution < 1.29 is 19.4 Å². The van der Waals surface area contributed by atoms with E-state index in [-0.39, 0.29) is 6.42 Å². The lowest BCUT2D eigenvalue weighted by Gasteiger charge is -2.33. The number of hydrogen-bond acceptors (Lipinski definition) is 3. The van der Waals surface area contributed by atoms with Crippen LogP contribution in [-0.4, -0.2) is 16.9 Å². The van der Waals surface area contributed by atoms with Crippen molar-refractivity contribution in [3.63, 3.8) is 0 Å². The van der Waals surface area contributed by atoms with Gasteiger partial charge in [-0.15, -0.1) is 0 Å². The molecule has 1 aliphatic heterocycles. The van der Waals surface area contributed by atoms with Crippen molar-refractivity contribution in [2.24, 2.45) is 0 Å². The molecule has 0 fully saturated rings. The van der Waals surface area contributed by atoms with Gasteiger partial charge < -0.3 is 14.6 Å². The van der Waals surface area contributed by atoms with Crippen LogP contribution in [0.1, 0.15) is 25.0 Å². The van der Waals surface area contributed by atoms with Crippen LogP contribution >= 0.6 is 0 Å². The highest BCUT2D eigenvalue weighted by atomic mass is 16.7. The Morgan fingerprint density at radius 1 is 1.50 bits per heavy atom. The monoisotopic (exact) mass is 222 g/mol. The maximum Gasteiger partial charge on any atom is 0.307 e. The summed E-state index contributed by atoms with van der Waals surface area (Å²) in [5, 5.41) is 8.79. The minimum absolute atomic E-state index is 0.00365. The number of carboxylic acid groups (broad SMARTS) is 1. The van der Waals surface area contributed by atoms with Crippen LogP contribution < -0.4 is 4.74 Å². The first-order valence-corrected chi connectivity index (χ1v) is 5.13. The molecule has 16 heavy (non-hydrogen) atoms. The minimum atomic E-state index is -0.849. The molecule has 1 N–H and O–H groups in total. The van der Waals surface area contributed by atoms with E-state index in [2.05, 4.69) is 0 Å². The molecule has 1 heterocycles. The number of benzene rings is 1. The van der Waals surface area contributed by atoms with Gasteiger partial charge in [0.25, 0.3) is 0 Å². The SMILES string of the molecule is CC1(C)OCc2c(CC(=O)O)cccc2O1. The van der Waals surface area contributed by atoms with Gasteiger partial charge in [0.05, 0.1) is 13.0 Å². The predicted molar refractivity (Wildman–Crippen MR) is 57.3 cm³/mol. The maximum absolute atomic E-state index is 10.7. The zero-order chi connectivity index (χ0) is 11.8. The Morgan fingerprint density at radius 2 is 2.25 bits per heavy atom. The van der Waals surface area contributed by atoms with Crippen LogP contribution in [-0.2, 0) is 22.6 Å². The van der Waals surface area contributed by atoms with E-state index in [1.165, 1.54) is 0 Å². The lowest BCUT2D eigenvalue weighted by molar-refractivity contribution is -0.180. The molecule has 0 atom stereocenters. The van der Waals surface area contributed by atoms with Crippen molar-refractivity contribution in [3.05, 3.63) is 29.3 Å². The van der Waals surface area contributed by atoms with Gasteiger partial charge in [-0.25, -0.2) is 0 Å². The van der Waals surface area contributed by atoms with Crippen LogP contribution in [0.5, 0.6) is 5.75 Å². The number of fused-ring (bicyclic) bond motifs is 1. The molecule has 0 radical (unpaired) electrons. The Labute approximate surface area is 93.8 Å². The molecule has 0 unspecified atom stereocenters. The van der Waals surface area contributed by atoms with Crippen LogP contribution in [0.15, 0.2) is 18.2 Å². The fraction of sp³-hybridized carbons (Fsp3) is 0.417. The number of aliphatic carboxylic acids is 1. The van der Waals surface area contributed by atoms with Gasteiger partial charge in [-0.2, -0.15) is 0 Å². The highest BCUT2D eigenvalue weighted by Gasteiger charge is 2.28. The number of carbonyl (C=O) groups is 1. The molecule has 2 rings (SSSR count). The van der Waals surface area contributed by atoms with Crippen LogP contribution in [0.2, 0.25) is 0 Å². The molecule has 0 saturated heterocycles. The van der Waals surface area contributed by atoms with E-state index in [0.29, 0.717) is 6.61 Å². The van der Waals surface area contributed by atoms with E-state index < -0.39 is 11.8 Å². The maximum atomic E-state index is 10.7. The molecule has 0 spiro atoms. The van der Waals surface area contributed by atoms with E-state index in [1.807, 2.05) is 19.9 Å². The number of hydrogen-bond donors (Lipinski definition) is 1. The van der Waals surface area contributed by atoms with Crippen molar-refractivity contribution in [1.29, 1.82) is 0 Å². The van der Waals surface area contributed by atoms with E-state index in [0.717, 1.165) is 16.9 Å². The van der Waals surface area contributed by atoms with Crippen LogP contribution in [0.25, 0.3) is 0 Å². The van der Waals surface area contributed by atoms with E-state index in [9.17, 15) is 4.79 Å². The number of rotatable bonds is 2. The third-order valence-electron chi connectivity index (χ3n) is 2.49. The van der Waals surface area contributed by atoms with Gasteiger partial charge in [-0.1, -0.05) is 12.1 Å². The summed E-state index contributed by atoms with van der Waals surface area (Å²) in [6.45, 7) is 4.06. The molecule has 4 nitrogen and oxygen atoms in total. The summed E-state index contributed by atoms with van der Waals surface area (Å²) in [5.41, 5.74) is 1.59. The molecular formula is C12H14O4. The Kier molecular flexibility index (Phi) is 2.59. The Hall–Kier alpha value is -1.55. The smallest absolute Gasteiger partial charge is 0.307 e. The topological polar surface area (TPSA) is 55.8 Å². The van der Waals surface area contributed by atoms with Gasteiger partial charge in [0, 0.05) is 19.4 Å². The normalized spacial score (nSPS) is 17.4. The first-order valence-electron chi connectivity index (χ1n) is 5.13. The summed E-state index contributed by atoms with van der Waals surface area (Å²) >= 11 is 0. The van der Waals surface area contributed by atoms with Crippen LogP contribution in [0.4, 0.5) is 0 Å². The summed E-state index contributed by atoms with van der Waals surface area (Å²) in [6, 6.07) is 5.43. The zero-order valence-corrected chi connectivity index (χ0v) is 9.32. The summed E-state index contributed by atoms with van der Waals surface area (Å²) in [7, 11) is 0. The third kappa shape index (κ3) is 2.17. The molecule has 4 heteroatoms. The Morgan fingerprint density at radius 3 is 2.94 bits per heavy atom. The van der Waals surface area contributed by atoms with Gasteiger partial charge in [0.15, 0.2) is 0 Å². The van der Waals surface area contributed by atoms with Crippen molar-refractivity contribution >= 4 is 5.97 Å². The third-order valence-corrected chi connectivity index (χ3v) is 2.49. The highest BCUT2D eigenvalue weighted by Crippen LogP contribution is 2.33. The van der Waals surface area contributed by atoms with E-state index in [1.54, 1.807) is 12.1 Å². The van der Waals surface area contributed by atoms with E-state index in [4.69, 9.17) is 14.6 Å². The standard InChI is InChI=1S/C12H14O4/c1-12(2)15-7-9-8(6-11(13)14)4-3-5-10(9)16-12/h3-5H,6-7H2,1-2H3,(H,13,14). The molecular weight excluding hydrogens is 208 g/mol. The molecule has 86 valence electrons. The van der Waals surface area contributed by atoms with Crippen molar-refractivity contribution in [3.8, 4) is 5.75 Å². The molecule has 0 bridgehead atoms. The van der Waals surface area contributed by atoms with Crippen LogP contribution in [0.3, 0.4) is 0 Å². The summed E-state index contributed by atoms with van der Waals surface area (Å²) < 4.78 is 11.1. The molecule has 0 amide bonds. The average molecular weight is 222 g/mol. The summed E-state index contributed by atoms with van der Waals surface area (Å²) in [6.07, 6.45) is -0.00365. The van der Waals surface area contributed by atoms with E-state index >= 15 is 0 Å².